The number of amides is 1. The molecule has 0 fully saturated rings. The fraction of sp³-hybridized carbons (Fsp3) is 0.474. The molecule has 2 aromatic rings. The first-order valence-corrected chi connectivity index (χ1v) is 9.41. The van der Waals surface area contributed by atoms with Gasteiger partial charge in [0, 0.05) is 31.2 Å². The van der Waals surface area contributed by atoms with Gasteiger partial charge in [0.1, 0.15) is 10.6 Å². The summed E-state index contributed by atoms with van der Waals surface area (Å²) in [5.74, 6) is 0. The number of thiazole rings is 1. The van der Waals surface area contributed by atoms with Crippen LogP contribution in [0.25, 0.3) is 0 Å². The van der Waals surface area contributed by atoms with E-state index in [0.717, 1.165) is 11.6 Å². The van der Waals surface area contributed by atoms with Crippen molar-refractivity contribution >= 4 is 17.4 Å². The first-order valence-electron chi connectivity index (χ1n) is 8.53. The van der Waals surface area contributed by atoms with Crippen molar-refractivity contribution < 1.29 is 9.53 Å². The van der Waals surface area contributed by atoms with Crippen molar-refractivity contribution in [2.45, 2.75) is 59.0 Å². The van der Waals surface area contributed by atoms with Crippen LogP contribution in [0.1, 0.15) is 55.4 Å². The lowest BCUT2D eigenvalue weighted by molar-refractivity contribution is 0.0242. The van der Waals surface area contributed by atoms with Crippen LogP contribution in [-0.2, 0) is 24.4 Å². The van der Waals surface area contributed by atoms with Gasteiger partial charge in [-0.3, -0.25) is 4.90 Å². The molecule has 134 valence electrons. The number of hydrogen-bond donors (Lipinski definition) is 1. The van der Waals surface area contributed by atoms with Gasteiger partial charge >= 0.3 is 6.09 Å². The van der Waals surface area contributed by atoms with Crippen molar-refractivity contribution in [2.75, 3.05) is 0 Å². The summed E-state index contributed by atoms with van der Waals surface area (Å²) in [6.07, 6.45) is 1.58. The molecule has 1 aliphatic heterocycles. The van der Waals surface area contributed by atoms with Crippen LogP contribution in [-0.4, -0.2) is 21.6 Å². The number of carbonyl (C=O) groups is 1. The summed E-state index contributed by atoms with van der Waals surface area (Å²) in [7, 11) is 0. The van der Waals surface area contributed by atoms with Crippen molar-refractivity contribution in [1.82, 2.24) is 15.2 Å². The van der Waals surface area contributed by atoms with E-state index in [1.165, 1.54) is 16.7 Å². The number of aromatic nitrogens is 1. The zero-order chi connectivity index (χ0) is 18.0. The summed E-state index contributed by atoms with van der Waals surface area (Å²) in [6.45, 7) is 9.80. The molecule has 1 aromatic carbocycles. The molecule has 1 amide bonds. The van der Waals surface area contributed by atoms with Gasteiger partial charge in [0.15, 0.2) is 0 Å². The summed E-state index contributed by atoms with van der Waals surface area (Å²) in [4.78, 5) is 18.3. The Kier molecular flexibility index (Phi) is 5.11. The van der Waals surface area contributed by atoms with E-state index in [1.54, 1.807) is 16.2 Å². The zero-order valence-corrected chi connectivity index (χ0v) is 16.0. The van der Waals surface area contributed by atoms with E-state index in [9.17, 15) is 4.79 Å². The van der Waals surface area contributed by atoms with Crippen molar-refractivity contribution in [3.05, 3.63) is 51.5 Å². The van der Waals surface area contributed by atoms with E-state index < -0.39 is 5.60 Å². The molecular formula is C19H25N3O2S. The van der Waals surface area contributed by atoms with Gasteiger partial charge in [-0.25, -0.2) is 9.78 Å². The molecule has 6 heteroatoms. The predicted octanol–water partition coefficient (Wildman–Crippen LogP) is 4.24. The lowest BCUT2D eigenvalue weighted by atomic mass is 10.1. The van der Waals surface area contributed by atoms with Gasteiger partial charge in [0.2, 0.25) is 0 Å². The number of nitrogens with zero attached hydrogens (tertiary/aromatic N) is 2. The lowest BCUT2D eigenvalue weighted by Crippen LogP contribution is -2.33. The molecule has 25 heavy (non-hydrogen) atoms. The number of hydrogen-bond acceptors (Lipinski definition) is 5. The Morgan fingerprint density at radius 1 is 1.36 bits per heavy atom. The van der Waals surface area contributed by atoms with E-state index in [-0.39, 0.29) is 12.1 Å². The highest BCUT2D eigenvalue weighted by Crippen LogP contribution is 2.26. The van der Waals surface area contributed by atoms with Crippen LogP contribution >= 0.6 is 11.3 Å². The maximum absolute atomic E-state index is 12.2. The van der Waals surface area contributed by atoms with Gasteiger partial charge in [0.05, 0.1) is 6.04 Å². The number of benzene rings is 1. The molecule has 0 aliphatic carbocycles. The van der Waals surface area contributed by atoms with E-state index in [1.807, 2.05) is 32.3 Å². The molecular weight excluding hydrogens is 334 g/mol. The normalized spacial score (nSPS) is 15.1. The second-order valence-corrected chi connectivity index (χ2v) is 8.34. The van der Waals surface area contributed by atoms with E-state index in [4.69, 9.17) is 4.74 Å². The Bertz CT molecular complexity index is 738. The van der Waals surface area contributed by atoms with E-state index in [0.29, 0.717) is 13.1 Å². The molecule has 0 radical (unpaired) electrons. The largest absolute Gasteiger partial charge is 0.444 e. The number of carbonyl (C=O) groups excluding carboxylic acids is 1. The molecule has 1 atom stereocenters. The molecule has 1 unspecified atom stereocenters. The minimum absolute atomic E-state index is 0.228. The fourth-order valence-corrected chi connectivity index (χ4v) is 3.49. The molecule has 5 nitrogen and oxygen atoms in total. The number of ether oxygens (including phenoxy) is 1. The molecule has 3 rings (SSSR count). The first kappa shape index (κ1) is 17.9. The quantitative estimate of drug-likeness (QED) is 0.887. The van der Waals surface area contributed by atoms with Gasteiger partial charge in [-0.05, 0) is 44.4 Å². The maximum Gasteiger partial charge on any atom is 0.410 e. The Balaban J connectivity index is 1.59. The Hall–Kier alpha value is -1.92. The van der Waals surface area contributed by atoms with Crippen LogP contribution in [0.2, 0.25) is 0 Å². The van der Waals surface area contributed by atoms with E-state index >= 15 is 0 Å². The third-order valence-corrected chi connectivity index (χ3v) is 5.04. The molecule has 1 aromatic heterocycles. The van der Waals surface area contributed by atoms with Crippen LogP contribution in [0.15, 0.2) is 29.8 Å². The Morgan fingerprint density at radius 3 is 2.80 bits per heavy atom. The van der Waals surface area contributed by atoms with Crippen LogP contribution < -0.4 is 5.32 Å². The van der Waals surface area contributed by atoms with Gasteiger partial charge < -0.3 is 10.1 Å². The van der Waals surface area contributed by atoms with Gasteiger partial charge in [0.25, 0.3) is 0 Å². The number of fused-ring (bicyclic) bond motifs is 1. The lowest BCUT2D eigenvalue weighted by Gasteiger charge is -2.24. The number of rotatable bonds is 4. The fourth-order valence-electron chi connectivity index (χ4n) is 2.82. The summed E-state index contributed by atoms with van der Waals surface area (Å²) in [5.41, 5.74) is 3.15. The third-order valence-electron chi connectivity index (χ3n) is 4.08. The standard InChI is InChI=1S/C19H25N3O2S/c1-13(17-20-7-8-25-17)21-10-14-5-6-15-11-22(12-16(15)9-14)18(23)24-19(2,3)4/h5-9,13,21H,10-12H2,1-4H3. The van der Waals surface area contributed by atoms with E-state index in [2.05, 4.69) is 35.4 Å². The average Bonchev–Trinajstić information content (AvgIpc) is 3.19. The maximum atomic E-state index is 12.2. The van der Waals surface area contributed by atoms with Gasteiger partial charge in [-0.15, -0.1) is 11.3 Å². The highest BCUT2D eigenvalue weighted by Gasteiger charge is 2.27. The van der Waals surface area contributed by atoms with Crippen molar-refractivity contribution in [3.8, 4) is 0 Å². The molecule has 1 N–H and O–H groups in total. The highest BCUT2D eigenvalue weighted by molar-refractivity contribution is 7.09. The number of nitrogens with one attached hydrogen (secondary N) is 1. The smallest absolute Gasteiger partial charge is 0.410 e. The zero-order valence-electron chi connectivity index (χ0n) is 15.2. The van der Waals surface area contributed by atoms with Gasteiger partial charge in [-0.1, -0.05) is 18.2 Å². The molecule has 2 heterocycles. The highest BCUT2D eigenvalue weighted by atomic mass is 32.1. The van der Waals surface area contributed by atoms with Crippen LogP contribution in [0.5, 0.6) is 0 Å². The van der Waals surface area contributed by atoms with Crippen LogP contribution in [0.4, 0.5) is 4.79 Å². The molecule has 0 bridgehead atoms. The second-order valence-electron chi connectivity index (χ2n) is 7.41. The van der Waals surface area contributed by atoms with Crippen molar-refractivity contribution in [3.63, 3.8) is 0 Å². The topological polar surface area (TPSA) is 54.5 Å². The molecule has 0 saturated heterocycles. The SMILES string of the molecule is CC(NCc1ccc2c(c1)CN(C(=O)OC(C)(C)C)C2)c1nccs1. The summed E-state index contributed by atoms with van der Waals surface area (Å²) < 4.78 is 5.47. The Labute approximate surface area is 153 Å². The Morgan fingerprint density at radius 2 is 2.12 bits per heavy atom. The van der Waals surface area contributed by atoms with Gasteiger partial charge in [-0.2, -0.15) is 0 Å². The molecule has 0 saturated carbocycles. The third kappa shape index (κ3) is 4.58. The molecule has 0 spiro atoms. The van der Waals surface area contributed by atoms with Crippen LogP contribution in [0.3, 0.4) is 0 Å². The summed E-state index contributed by atoms with van der Waals surface area (Å²) in [5, 5.41) is 6.59. The minimum atomic E-state index is -0.465. The molecule has 1 aliphatic rings. The first-order chi connectivity index (χ1) is 11.8. The average molecular weight is 359 g/mol. The monoisotopic (exact) mass is 359 g/mol. The summed E-state index contributed by atoms with van der Waals surface area (Å²) in [6, 6.07) is 6.65. The van der Waals surface area contributed by atoms with Crippen molar-refractivity contribution in [1.29, 1.82) is 0 Å². The minimum Gasteiger partial charge on any atom is -0.444 e. The van der Waals surface area contributed by atoms with Crippen molar-refractivity contribution in [2.24, 2.45) is 0 Å². The predicted molar refractivity (Wildman–Crippen MR) is 99.3 cm³/mol. The summed E-state index contributed by atoms with van der Waals surface area (Å²) >= 11 is 1.66. The van der Waals surface area contributed by atoms with Crippen LogP contribution in [0, 0.1) is 0 Å². The second kappa shape index (κ2) is 7.14.